The maximum atomic E-state index is 14.1. The van der Waals surface area contributed by atoms with E-state index in [9.17, 15) is 18.0 Å². The van der Waals surface area contributed by atoms with Crippen LogP contribution in [0.25, 0.3) is 12.3 Å². The monoisotopic (exact) mass is 578 g/mol. The van der Waals surface area contributed by atoms with Crippen molar-refractivity contribution in [3.05, 3.63) is 56.2 Å². The Balaban J connectivity index is 1.77. The molecule has 1 saturated carbocycles. The van der Waals surface area contributed by atoms with E-state index >= 15 is 0 Å². The highest BCUT2D eigenvalue weighted by molar-refractivity contribution is 6.30. The van der Waals surface area contributed by atoms with Gasteiger partial charge in [0.2, 0.25) is 5.95 Å². The summed E-state index contributed by atoms with van der Waals surface area (Å²) in [7, 11) is 0. The Bertz CT molecular complexity index is 1570. The molecule has 0 spiro atoms. The first-order valence-corrected chi connectivity index (χ1v) is 13.5. The van der Waals surface area contributed by atoms with E-state index in [0.717, 1.165) is 25.7 Å². The average Bonchev–Trinajstić information content (AvgIpc) is 3.63. The van der Waals surface area contributed by atoms with Gasteiger partial charge in [0, 0.05) is 31.0 Å². The number of nitrogens with two attached hydrogens (primary N) is 1. The molecule has 3 N–H and O–H groups in total. The first-order chi connectivity index (χ1) is 19.0. The fraction of sp³-hybridized carbons (Fsp3) is 0.500. The Labute approximate surface area is 232 Å². The normalized spacial score (nSPS) is 23.1. The number of rotatable bonds is 6. The third-order valence-corrected chi connectivity index (χ3v) is 7.78. The summed E-state index contributed by atoms with van der Waals surface area (Å²) in [5.74, 6) is -0.287. The number of imidazole rings is 1. The quantitative estimate of drug-likeness (QED) is 0.340. The Morgan fingerprint density at radius 3 is 2.67 bits per heavy atom. The molecule has 10 nitrogen and oxygen atoms in total. The molecule has 14 heteroatoms. The number of aromatic amines is 1. The zero-order valence-corrected chi connectivity index (χ0v) is 22.7. The summed E-state index contributed by atoms with van der Waals surface area (Å²) in [5, 5.41) is 6.79. The number of aromatic nitrogens is 5. The molecule has 0 amide bonds. The van der Waals surface area contributed by atoms with Gasteiger partial charge in [0.25, 0.3) is 5.89 Å². The van der Waals surface area contributed by atoms with Crippen LogP contribution in [0.2, 0.25) is 5.02 Å². The second-order valence-electron chi connectivity index (χ2n) is 10.5. The predicted octanol–water partition coefficient (Wildman–Crippen LogP) is 2.94. The van der Waals surface area contributed by atoms with E-state index in [1.165, 1.54) is 17.3 Å². The van der Waals surface area contributed by atoms with Crippen LogP contribution < -0.4 is 27.1 Å². The van der Waals surface area contributed by atoms with Crippen LogP contribution in [0.3, 0.4) is 0 Å². The lowest BCUT2D eigenvalue weighted by molar-refractivity contribution is -0.146. The number of anilines is 1. The van der Waals surface area contributed by atoms with Gasteiger partial charge < -0.3 is 19.6 Å². The lowest BCUT2D eigenvalue weighted by Crippen LogP contribution is -2.43. The van der Waals surface area contributed by atoms with Crippen molar-refractivity contribution >= 4 is 35.7 Å². The van der Waals surface area contributed by atoms with E-state index in [4.69, 9.17) is 21.8 Å². The summed E-state index contributed by atoms with van der Waals surface area (Å²) < 4.78 is 48.9. The van der Waals surface area contributed by atoms with Gasteiger partial charge in [-0.3, -0.25) is 4.98 Å². The molecule has 4 heterocycles. The van der Waals surface area contributed by atoms with Gasteiger partial charge in [-0.05, 0) is 43.6 Å². The van der Waals surface area contributed by atoms with Gasteiger partial charge in [0.15, 0.2) is 5.84 Å². The van der Waals surface area contributed by atoms with Crippen molar-refractivity contribution in [1.29, 1.82) is 0 Å². The van der Waals surface area contributed by atoms with Gasteiger partial charge in [0.05, 0.1) is 15.7 Å². The fourth-order valence-corrected chi connectivity index (χ4v) is 5.74. The van der Waals surface area contributed by atoms with E-state index in [1.807, 2.05) is 0 Å². The summed E-state index contributed by atoms with van der Waals surface area (Å²) in [4.78, 5) is 26.1. The molecule has 1 aliphatic carbocycles. The van der Waals surface area contributed by atoms with E-state index in [1.54, 1.807) is 10.6 Å². The smallest absolute Gasteiger partial charge is 0.384 e. The maximum absolute atomic E-state index is 14.1. The molecule has 0 aromatic carbocycles. The minimum Gasteiger partial charge on any atom is -0.384 e. The Morgan fingerprint density at radius 1 is 1.27 bits per heavy atom. The Kier molecular flexibility index (Phi) is 7.76. The van der Waals surface area contributed by atoms with Crippen LogP contribution >= 0.6 is 11.6 Å². The van der Waals surface area contributed by atoms with Crippen molar-refractivity contribution in [2.24, 2.45) is 22.6 Å². The van der Waals surface area contributed by atoms with Crippen LogP contribution in [0.4, 0.5) is 19.1 Å². The van der Waals surface area contributed by atoms with Gasteiger partial charge in [-0.1, -0.05) is 37.9 Å². The summed E-state index contributed by atoms with van der Waals surface area (Å²) in [6, 6.07) is -0.0513. The molecule has 0 bridgehead atoms. The zero-order chi connectivity index (χ0) is 28.6. The van der Waals surface area contributed by atoms with E-state index in [-0.39, 0.29) is 47.6 Å². The molecule has 1 saturated heterocycles. The number of pyridine rings is 1. The minimum absolute atomic E-state index is 0.0167. The zero-order valence-electron chi connectivity index (χ0n) is 21.9. The molecule has 5 rings (SSSR count). The van der Waals surface area contributed by atoms with Crippen molar-refractivity contribution < 1.29 is 17.6 Å². The number of amidine groups is 1. The first-order valence-electron chi connectivity index (χ1n) is 13.2. The summed E-state index contributed by atoms with van der Waals surface area (Å²) in [6.45, 7) is 6.94. The van der Waals surface area contributed by atoms with Crippen molar-refractivity contribution in [3.8, 4) is 0 Å². The van der Waals surface area contributed by atoms with Crippen LogP contribution in [0, 0.1) is 11.8 Å². The van der Waals surface area contributed by atoms with Crippen molar-refractivity contribution in [3.63, 3.8) is 0 Å². The largest absolute Gasteiger partial charge is 0.434 e. The van der Waals surface area contributed by atoms with Gasteiger partial charge in [-0.15, -0.1) is 5.10 Å². The molecular weight excluding hydrogens is 549 g/mol. The highest BCUT2D eigenvalue weighted by atomic mass is 35.5. The molecule has 0 radical (unpaired) electrons. The number of aliphatic imine (C=N–C) groups is 1. The van der Waals surface area contributed by atoms with Gasteiger partial charge in [-0.2, -0.15) is 13.2 Å². The predicted molar refractivity (Wildman–Crippen MR) is 144 cm³/mol. The summed E-state index contributed by atoms with van der Waals surface area (Å²) in [5.41, 5.74) is 6.83. The highest BCUT2D eigenvalue weighted by Gasteiger charge is 2.47. The summed E-state index contributed by atoms with van der Waals surface area (Å²) >= 11 is 6.26. The first kappa shape index (κ1) is 27.9. The van der Waals surface area contributed by atoms with Gasteiger partial charge in [0.1, 0.15) is 11.7 Å². The van der Waals surface area contributed by atoms with Crippen molar-refractivity contribution in [1.82, 2.24) is 24.7 Å². The molecule has 3 aromatic heterocycles. The molecule has 2 fully saturated rings. The van der Waals surface area contributed by atoms with E-state index in [2.05, 4.69) is 38.7 Å². The topological polar surface area (TPSA) is 131 Å². The van der Waals surface area contributed by atoms with Crippen LogP contribution in [-0.2, 0) is 6.54 Å². The molecule has 1 aliphatic heterocycles. The SMILES string of the molecule is C=c1nc(N2CCC[C@H]2C(F)(F)F)n(CC2CCC(C)CC2)/c1=C(/N=C(N)c1n[nH]c(=O)o1)c1cncc(Cl)c1. The Hall–Kier alpha value is -3.61. The molecule has 3 aromatic rings. The Morgan fingerprint density at radius 2 is 2.02 bits per heavy atom. The number of H-pyrrole nitrogens is 1. The molecule has 0 unspecified atom stereocenters. The standard InChI is InChI=1S/C26H30ClF3N8O2/c1-14-5-7-16(8-6-14)13-38-21(15(2)33-24(38)37-9-3-4-19(37)26(28,29)30)20(17-10-18(27)12-32-11-17)34-22(31)23-35-36-25(39)40-23/h10-12,14,16,19H,2-9,13H2,1H3,(H2,31,34)(H,36,39)/b21-20+/t14?,16?,19-/m0/s1. The molecule has 214 valence electrons. The van der Waals surface area contributed by atoms with E-state index in [0.29, 0.717) is 34.8 Å². The summed E-state index contributed by atoms with van der Waals surface area (Å²) in [6.07, 6.45) is 2.84. The molecule has 40 heavy (non-hydrogen) atoms. The molecular formula is C26H30ClF3N8O2. The number of halogens is 4. The van der Waals surface area contributed by atoms with Gasteiger partial charge >= 0.3 is 11.9 Å². The number of nitrogens with one attached hydrogen (secondary N) is 1. The number of hydrogen-bond acceptors (Lipinski definition) is 7. The second-order valence-corrected chi connectivity index (χ2v) is 10.9. The van der Waals surface area contributed by atoms with Gasteiger partial charge in [-0.25, -0.2) is 19.9 Å². The van der Waals surface area contributed by atoms with Crippen LogP contribution in [-0.4, -0.2) is 49.3 Å². The minimum atomic E-state index is -4.42. The van der Waals surface area contributed by atoms with Crippen molar-refractivity contribution in [2.75, 3.05) is 11.4 Å². The third-order valence-electron chi connectivity index (χ3n) is 7.58. The molecule has 1 atom stereocenters. The van der Waals surface area contributed by atoms with Crippen LogP contribution in [0.5, 0.6) is 0 Å². The maximum Gasteiger partial charge on any atom is 0.434 e. The van der Waals surface area contributed by atoms with Crippen molar-refractivity contribution in [2.45, 2.75) is 64.2 Å². The number of nitrogens with zero attached hydrogens (tertiary/aromatic N) is 6. The third kappa shape index (κ3) is 5.79. The lowest BCUT2D eigenvalue weighted by Gasteiger charge is -2.31. The molecule has 2 aliphatic rings. The number of alkyl halides is 3. The average molecular weight is 579 g/mol. The van der Waals surface area contributed by atoms with Crippen LogP contribution in [0.1, 0.15) is 56.9 Å². The number of hydrogen-bond donors (Lipinski definition) is 2. The fourth-order valence-electron chi connectivity index (χ4n) is 5.57. The van der Waals surface area contributed by atoms with Crippen LogP contribution in [0.15, 0.2) is 32.7 Å². The lowest BCUT2D eigenvalue weighted by atomic mass is 9.83. The highest BCUT2D eigenvalue weighted by Crippen LogP contribution is 2.36. The van der Waals surface area contributed by atoms with E-state index < -0.39 is 18.0 Å². The second kappa shape index (κ2) is 11.1.